The Morgan fingerprint density at radius 3 is 2.38 bits per heavy atom. The van der Waals surface area contributed by atoms with Crippen LogP contribution in [0.4, 0.5) is 28.7 Å². The van der Waals surface area contributed by atoms with E-state index in [0.717, 1.165) is 0 Å². The fraction of sp³-hybridized carbons (Fsp3) is 0.150. The summed E-state index contributed by atoms with van der Waals surface area (Å²) in [6.45, 7) is 1.51. The number of Topliss-reactive ketones (excluding diaryl/α,β-unsaturated/α-hetero) is 1. The number of ketones is 1. The highest BCUT2D eigenvalue weighted by molar-refractivity contribution is 6.32. The zero-order valence-electron chi connectivity index (χ0n) is 16.1. The second kappa shape index (κ2) is 8.66. The fourth-order valence-electron chi connectivity index (χ4n) is 2.63. The van der Waals surface area contributed by atoms with Crippen molar-refractivity contribution < 1.29 is 14.3 Å². The zero-order chi connectivity index (χ0) is 21.0. The summed E-state index contributed by atoms with van der Waals surface area (Å²) in [5.74, 6) is 1.71. The number of rotatable bonds is 7. The number of benzene rings is 2. The van der Waals surface area contributed by atoms with Gasteiger partial charge in [-0.2, -0.15) is 0 Å². The van der Waals surface area contributed by atoms with Crippen LogP contribution >= 0.6 is 11.6 Å². The fourth-order valence-corrected chi connectivity index (χ4v) is 2.87. The molecule has 0 aliphatic rings. The van der Waals surface area contributed by atoms with Crippen LogP contribution in [0.3, 0.4) is 0 Å². The van der Waals surface area contributed by atoms with Gasteiger partial charge >= 0.3 is 0 Å². The number of nitrogens with one attached hydrogen (secondary N) is 2. The number of methoxy groups -OCH3 is 2. The number of aromatic nitrogens is 2. The Labute approximate surface area is 173 Å². The van der Waals surface area contributed by atoms with Crippen molar-refractivity contribution in [2.75, 3.05) is 30.6 Å². The van der Waals surface area contributed by atoms with E-state index in [1.807, 2.05) is 6.07 Å². The van der Waals surface area contributed by atoms with Crippen LogP contribution in [0.5, 0.6) is 11.5 Å². The average Bonchev–Trinajstić information content (AvgIpc) is 2.71. The lowest BCUT2D eigenvalue weighted by atomic mass is 10.1. The van der Waals surface area contributed by atoms with E-state index in [9.17, 15) is 4.79 Å². The molecule has 29 heavy (non-hydrogen) atoms. The molecule has 0 aliphatic carbocycles. The molecule has 0 radical (unpaired) electrons. The number of anilines is 5. The first-order chi connectivity index (χ1) is 13.9. The third kappa shape index (κ3) is 4.49. The van der Waals surface area contributed by atoms with E-state index in [-0.39, 0.29) is 11.5 Å². The van der Waals surface area contributed by atoms with Crippen LogP contribution in [0.1, 0.15) is 17.3 Å². The molecule has 2 aromatic carbocycles. The van der Waals surface area contributed by atoms with Crippen molar-refractivity contribution in [3.8, 4) is 11.5 Å². The van der Waals surface area contributed by atoms with Crippen molar-refractivity contribution in [3.63, 3.8) is 0 Å². The predicted molar refractivity (Wildman–Crippen MR) is 114 cm³/mol. The minimum absolute atomic E-state index is 0.0323. The Bertz CT molecular complexity index is 1060. The standard InChI is InChI=1S/C20H20ClN5O3/c1-11(27)12-5-4-6-13(7-12)25-19-18(22)20(24-10-23-19)26-15-8-14(21)16(28-2)9-17(15)29-3/h4-10H,22H2,1-3H3,(H2,23,24,25,26). The van der Waals surface area contributed by atoms with E-state index in [2.05, 4.69) is 20.6 Å². The van der Waals surface area contributed by atoms with Gasteiger partial charge in [-0.1, -0.05) is 23.7 Å². The lowest BCUT2D eigenvalue weighted by molar-refractivity contribution is 0.101. The Morgan fingerprint density at radius 1 is 1.03 bits per heavy atom. The minimum Gasteiger partial charge on any atom is -0.495 e. The van der Waals surface area contributed by atoms with Crippen molar-refractivity contribution in [3.05, 3.63) is 53.3 Å². The lowest BCUT2D eigenvalue weighted by Crippen LogP contribution is -2.06. The maximum atomic E-state index is 11.6. The van der Waals surface area contributed by atoms with Gasteiger partial charge < -0.3 is 25.8 Å². The number of carbonyl (C=O) groups is 1. The molecule has 3 aromatic rings. The summed E-state index contributed by atoms with van der Waals surface area (Å²) in [6, 6.07) is 10.4. The quantitative estimate of drug-likeness (QED) is 0.488. The topological polar surface area (TPSA) is 111 Å². The third-order valence-corrected chi connectivity index (χ3v) is 4.44. The van der Waals surface area contributed by atoms with Crippen LogP contribution in [-0.2, 0) is 0 Å². The maximum absolute atomic E-state index is 11.6. The van der Waals surface area contributed by atoms with Gasteiger partial charge in [0.2, 0.25) is 0 Å². The SMILES string of the molecule is COc1cc(OC)c(Nc2ncnc(Nc3cccc(C(C)=O)c3)c2N)cc1Cl. The molecule has 1 aromatic heterocycles. The number of nitrogens with two attached hydrogens (primary N) is 1. The van der Waals surface area contributed by atoms with Gasteiger partial charge in [0.15, 0.2) is 17.4 Å². The number of nitrogen functional groups attached to an aromatic ring is 1. The predicted octanol–water partition coefficient (Wildman–Crippen LogP) is 4.42. The monoisotopic (exact) mass is 413 g/mol. The van der Waals surface area contributed by atoms with Crippen molar-refractivity contribution in [2.45, 2.75) is 6.92 Å². The Morgan fingerprint density at radius 2 is 1.72 bits per heavy atom. The van der Waals surface area contributed by atoms with Gasteiger partial charge in [-0.25, -0.2) is 9.97 Å². The molecule has 0 unspecified atom stereocenters. The molecule has 0 amide bonds. The molecule has 1 heterocycles. The molecular formula is C20H20ClN5O3. The van der Waals surface area contributed by atoms with E-state index in [0.29, 0.717) is 45.1 Å². The smallest absolute Gasteiger partial charge is 0.159 e. The van der Waals surface area contributed by atoms with Crippen molar-refractivity contribution in [1.29, 1.82) is 0 Å². The molecular weight excluding hydrogens is 394 g/mol. The van der Waals surface area contributed by atoms with Gasteiger partial charge in [-0.15, -0.1) is 0 Å². The van der Waals surface area contributed by atoms with Gasteiger partial charge in [0.25, 0.3) is 0 Å². The molecule has 9 heteroatoms. The van der Waals surface area contributed by atoms with Crippen LogP contribution in [0.25, 0.3) is 0 Å². The highest BCUT2D eigenvalue weighted by Crippen LogP contribution is 2.38. The first-order valence-electron chi connectivity index (χ1n) is 8.60. The van der Waals surface area contributed by atoms with Crippen LogP contribution < -0.4 is 25.8 Å². The Balaban J connectivity index is 1.91. The van der Waals surface area contributed by atoms with Crippen LogP contribution in [0.15, 0.2) is 42.7 Å². The molecule has 0 spiro atoms. The molecule has 0 saturated heterocycles. The third-order valence-electron chi connectivity index (χ3n) is 4.14. The first-order valence-corrected chi connectivity index (χ1v) is 8.97. The van der Waals surface area contributed by atoms with E-state index in [1.54, 1.807) is 30.3 Å². The van der Waals surface area contributed by atoms with Gasteiger partial charge in [0.1, 0.15) is 23.5 Å². The molecule has 150 valence electrons. The molecule has 0 aliphatic heterocycles. The van der Waals surface area contributed by atoms with Crippen LogP contribution in [0, 0.1) is 0 Å². The van der Waals surface area contributed by atoms with Crippen LogP contribution in [-0.4, -0.2) is 30.0 Å². The number of ether oxygens (including phenoxy) is 2. The summed E-state index contributed by atoms with van der Waals surface area (Å²) in [6.07, 6.45) is 1.37. The molecule has 8 nitrogen and oxygen atoms in total. The second-order valence-corrected chi connectivity index (χ2v) is 6.47. The molecule has 3 rings (SSSR count). The summed E-state index contributed by atoms with van der Waals surface area (Å²) in [7, 11) is 3.06. The van der Waals surface area contributed by atoms with Crippen molar-refractivity contribution >= 4 is 46.1 Å². The van der Waals surface area contributed by atoms with E-state index >= 15 is 0 Å². The second-order valence-electron chi connectivity index (χ2n) is 6.06. The number of hydrogen-bond acceptors (Lipinski definition) is 8. The van der Waals surface area contributed by atoms with Crippen LogP contribution in [0.2, 0.25) is 5.02 Å². The molecule has 4 N–H and O–H groups in total. The number of nitrogens with zero attached hydrogens (tertiary/aromatic N) is 2. The summed E-state index contributed by atoms with van der Waals surface area (Å²) < 4.78 is 10.6. The highest BCUT2D eigenvalue weighted by Gasteiger charge is 2.14. The normalized spacial score (nSPS) is 10.3. The van der Waals surface area contributed by atoms with E-state index in [4.69, 9.17) is 26.8 Å². The van der Waals surface area contributed by atoms with Crippen molar-refractivity contribution in [2.24, 2.45) is 0 Å². The van der Waals surface area contributed by atoms with E-state index < -0.39 is 0 Å². The van der Waals surface area contributed by atoms with Gasteiger partial charge in [-0.05, 0) is 25.1 Å². The summed E-state index contributed by atoms with van der Waals surface area (Å²) in [5, 5.41) is 6.62. The first kappa shape index (κ1) is 20.2. The van der Waals surface area contributed by atoms with Gasteiger partial charge in [0.05, 0.1) is 24.9 Å². The largest absolute Gasteiger partial charge is 0.495 e. The molecule has 0 atom stereocenters. The molecule has 0 fully saturated rings. The zero-order valence-corrected chi connectivity index (χ0v) is 16.9. The Kier molecular flexibility index (Phi) is 6.04. The Hall–Kier alpha value is -3.52. The van der Waals surface area contributed by atoms with Crippen molar-refractivity contribution in [1.82, 2.24) is 9.97 Å². The molecule has 0 saturated carbocycles. The van der Waals surface area contributed by atoms with E-state index in [1.165, 1.54) is 27.5 Å². The number of hydrogen-bond donors (Lipinski definition) is 3. The summed E-state index contributed by atoms with van der Waals surface area (Å²) in [4.78, 5) is 20.0. The average molecular weight is 414 g/mol. The molecule has 0 bridgehead atoms. The van der Waals surface area contributed by atoms with Gasteiger partial charge in [0, 0.05) is 17.3 Å². The maximum Gasteiger partial charge on any atom is 0.159 e. The minimum atomic E-state index is -0.0323. The summed E-state index contributed by atoms with van der Waals surface area (Å²) in [5.41, 5.74) is 8.36. The number of carbonyl (C=O) groups excluding carboxylic acids is 1. The lowest BCUT2D eigenvalue weighted by Gasteiger charge is -2.16. The number of halogens is 1. The summed E-state index contributed by atoms with van der Waals surface area (Å²) >= 11 is 6.22. The highest BCUT2D eigenvalue weighted by atomic mass is 35.5. The van der Waals surface area contributed by atoms with Gasteiger partial charge in [-0.3, -0.25) is 4.79 Å².